The molecule has 0 radical (unpaired) electrons. The molecule has 1 aromatic heterocycles. The molecular formula is C25H33ClN4O. The van der Waals surface area contributed by atoms with Crippen LogP contribution in [0.15, 0.2) is 53.8 Å². The van der Waals surface area contributed by atoms with E-state index in [1.807, 2.05) is 42.7 Å². The zero-order chi connectivity index (χ0) is 22.1. The summed E-state index contributed by atoms with van der Waals surface area (Å²) in [6, 6.07) is 11.1. The van der Waals surface area contributed by atoms with E-state index in [-0.39, 0.29) is 5.91 Å². The van der Waals surface area contributed by atoms with E-state index in [1.54, 1.807) is 12.4 Å². The van der Waals surface area contributed by atoms with E-state index < -0.39 is 6.04 Å². The number of pyridine rings is 1. The minimum atomic E-state index is -0.418. The van der Waals surface area contributed by atoms with E-state index in [0.717, 1.165) is 37.1 Å². The summed E-state index contributed by atoms with van der Waals surface area (Å²) in [6.07, 6.45) is 9.69. The van der Waals surface area contributed by atoms with Gasteiger partial charge in [0.15, 0.2) is 0 Å². The summed E-state index contributed by atoms with van der Waals surface area (Å²) >= 11 is 6.11. The van der Waals surface area contributed by atoms with Gasteiger partial charge in [0.1, 0.15) is 6.04 Å². The standard InChI is InChI=1S/C25H33ClN4O/c1-19(2)9-13-28-18-30(17-21-3-4-21)24(22-5-7-23(26)8-6-22)25(31)29-16-12-20-10-14-27-15-11-20/h5-8,10-11,14-15,18-19,21,24H,3-4,9,12-13,16-17H2,1-2H3,(H,29,31)/b28-18-/t24-/m0/s1. The third-order valence-corrected chi connectivity index (χ3v) is 5.71. The lowest BCUT2D eigenvalue weighted by Gasteiger charge is -2.30. The third-order valence-electron chi connectivity index (χ3n) is 5.46. The van der Waals surface area contributed by atoms with Crippen LogP contribution in [0, 0.1) is 11.8 Å². The fourth-order valence-electron chi connectivity index (χ4n) is 3.43. The summed E-state index contributed by atoms with van der Waals surface area (Å²) in [6.45, 7) is 6.59. The first-order chi connectivity index (χ1) is 15.0. The Morgan fingerprint density at radius 3 is 2.58 bits per heavy atom. The maximum atomic E-state index is 13.3. The second-order valence-corrected chi connectivity index (χ2v) is 9.13. The minimum absolute atomic E-state index is 0.00709. The van der Waals surface area contributed by atoms with Crippen molar-refractivity contribution in [2.45, 2.75) is 45.6 Å². The molecule has 6 heteroatoms. The van der Waals surface area contributed by atoms with Crippen LogP contribution in [0.25, 0.3) is 0 Å². The third kappa shape index (κ3) is 7.98. The highest BCUT2D eigenvalue weighted by Gasteiger charge is 2.31. The van der Waals surface area contributed by atoms with Crippen LogP contribution in [0.3, 0.4) is 0 Å². The molecule has 1 atom stereocenters. The van der Waals surface area contributed by atoms with Gasteiger partial charge in [0.2, 0.25) is 5.91 Å². The Labute approximate surface area is 190 Å². The van der Waals surface area contributed by atoms with E-state index in [0.29, 0.717) is 23.4 Å². The first-order valence-corrected chi connectivity index (χ1v) is 11.6. The van der Waals surface area contributed by atoms with Crippen molar-refractivity contribution >= 4 is 23.8 Å². The van der Waals surface area contributed by atoms with Crippen LogP contribution in [0.2, 0.25) is 5.02 Å². The van der Waals surface area contributed by atoms with E-state index >= 15 is 0 Å². The van der Waals surface area contributed by atoms with Gasteiger partial charge in [-0.1, -0.05) is 37.6 Å². The number of aliphatic imine (C=N–C) groups is 1. The van der Waals surface area contributed by atoms with Gasteiger partial charge in [-0.05, 0) is 72.9 Å². The molecule has 2 aromatic rings. The molecule has 166 valence electrons. The molecule has 1 aromatic carbocycles. The zero-order valence-corrected chi connectivity index (χ0v) is 19.3. The first kappa shape index (κ1) is 23.3. The molecule has 1 fully saturated rings. The molecule has 0 spiro atoms. The van der Waals surface area contributed by atoms with Gasteiger partial charge in [-0.3, -0.25) is 14.8 Å². The van der Waals surface area contributed by atoms with Gasteiger partial charge in [0.05, 0.1) is 6.34 Å². The van der Waals surface area contributed by atoms with Crippen molar-refractivity contribution in [3.63, 3.8) is 0 Å². The van der Waals surface area contributed by atoms with E-state index in [4.69, 9.17) is 11.6 Å². The average molecular weight is 441 g/mol. The van der Waals surface area contributed by atoms with Crippen LogP contribution in [0.5, 0.6) is 0 Å². The number of hydrogen-bond donors (Lipinski definition) is 1. The van der Waals surface area contributed by atoms with E-state index in [2.05, 4.69) is 34.0 Å². The Bertz CT molecular complexity index is 834. The Morgan fingerprint density at radius 2 is 1.94 bits per heavy atom. The number of carbonyl (C=O) groups excluding carboxylic acids is 1. The molecule has 0 aliphatic heterocycles. The molecule has 1 amide bonds. The second kappa shape index (κ2) is 11.8. The summed E-state index contributed by atoms with van der Waals surface area (Å²) < 4.78 is 0. The summed E-state index contributed by atoms with van der Waals surface area (Å²) in [5, 5.41) is 3.80. The SMILES string of the molecule is CC(C)CC/N=C\N(CC1CC1)[C@H](C(=O)NCCc1ccncc1)c1ccc(Cl)cc1. The van der Waals surface area contributed by atoms with Crippen LogP contribution in [-0.2, 0) is 11.2 Å². The second-order valence-electron chi connectivity index (χ2n) is 8.69. The van der Waals surface area contributed by atoms with Crippen molar-refractivity contribution < 1.29 is 4.79 Å². The maximum absolute atomic E-state index is 13.3. The summed E-state index contributed by atoms with van der Waals surface area (Å²) in [4.78, 5) is 24.2. The maximum Gasteiger partial charge on any atom is 0.247 e. The van der Waals surface area contributed by atoms with Crippen LogP contribution < -0.4 is 5.32 Å². The highest BCUT2D eigenvalue weighted by molar-refractivity contribution is 6.30. The number of benzene rings is 1. The highest BCUT2D eigenvalue weighted by Crippen LogP contribution is 2.32. The molecule has 31 heavy (non-hydrogen) atoms. The Kier molecular flexibility index (Phi) is 8.89. The Morgan fingerprint density at radius 1 is 1.23 bits per heavy atom. The number of nitrogens with zero attached hydrogens (tertiary/aromatic N) is 3. The molecule has 1 aliphatic carbocycles. The van der Waals surface area contributed by atoms with Crippen LogP contribution in [0.4, 0.5) is 0 Å². The van der Waals surface area contributed by atoms with E-state index in [1.165, 1.54) is 12.8 Å². The van der Waals surface area contributed by atoms with E-state index in [9.17, 15) is 4.79 Å². The monoisotopic (exact) mass is 440 g/mol. The van der Waals surface area contributed by atoms with Crippen LogP contribution >= 0.6 is 11.6 Å². The molecule has 1 N–H and O–H groups in total. The number of nitrogens with one attached hydrogen (secondary N) is 1. The number of aromatic nitrogens is 1. The number of amides is 1. The topological polar surface area (TPSA) is 57.6 Å². The van der Waals surface area contributed by atoms with Gasteiger partial charge < -0.3 is 10.2 Å². The van der Waals surface area contributed by atoms with Gasteiger partial charge in [0, 0.05) is 37.1 Å². The molecule has 3 rings (SSSR count). The van der Waals surface area contributed by atoms with Crippen molar-refractivity contribution in [3.8, 4) is 0 Å². The lowest BCUT2D eigenvalue weighted by atomic mass is 10.0. The summed E-state index contributed by atoms with van der Waals surface area (Å²) in [7, 11) is 0. The molecule has 1 heterocycles. The van der Waals surface area contributed by atoms with Crippen molar-refractivity contribution in [3.05, 3.63) is 64.9 Å². The quantitative estimate of drug-likeness (QED) is 0.376. The molecular weight excluding hydrogens is 408 g/mol. The molecule has 0 saturated heterocycles. The van der Waals surface area contributed by atoms with Crippen molar-refractivity contribution in [1.82, 2.24) is 15.2 Å². The molecule has 0 unspecified atom stereocenters. The average Bonchev–Trinajstić information content (AvgIpc) is 3.57. The van der Waals surface area contributed by atoms with Gasteiger partial charge in [0.25, 0.3) is 0 Å². The molecule has 1 aliphatic rings. The summed E-state index contributed by atoms with van der Waals surface area (Å²) in [5.74, 6) is 1.24. The van der Waals surface area contributed by atoms with Gasteiger partial charge in [-0.15, -0.1) is 0 Å². The smallest absolute Gasteiger partial charge is 0.247 e. The van der Waals surface area contributed by atoms with Crippen molar-refractivity contribution in [2.24, 2.45) is 16.8 Å². The first-order valence-electron chi connectivity index (χ1n) is 11.2. The number of rotatable bonds is 12. The van der Waals surface area contributed by atoms with Gasteiger partial charge >= 0.3 is 0 Å². The van der Waals surface area contributed by atoms with Gasteiger partial charge in [-0.2, -0.15) is 0 Å². The fraction of sp³-hybridized carbons (Fsp3) is 0.480. The number of halogens is 1. The molecule has 0 bridgehead atoms. The lowest BCUT2D eigenvalue weighted by Crippen LogP contribution is -2.41. The largest absolute Gasteiger partial charge is 0.354 e. The van der Waals surface area contributed by atoms with Crippen molar-refractivity contribution in [1.29, 1.82) is 0 Å². The normalized spacial score (nSPS) is 14.7. The predicted molar refractivity (Wildman–Crippen MR) is 127 cm³/mol. The number of carbonyl (C=O) groups is 1. The zero-order valence-electron chi connectivity index (χ0n) is 18.5. The number of hydrogen-bond acceptors (Lipinski definition) is 3. The predicted octanol–water partition coefficient (Wildman–Crippen LogP) is 4.92. The van der Waals surface area contributed by atoms with Crippen LogP contribution in [0.1, 0.15) is 50.3 Å². The van der Waals surface area contributed by atoms with Crippen molar-refractivity contribution in [2.75, 3.05) is 19.6 Å². The minimum Gasteiger partial charge on any atom is -0.354 e. The fourth-order valence-corrected chi connectivity index (χ4v) is 3.55. The molecule has 1 saturated carbocycles. The lowest BCUT2D eigenvalue weighted by molar-refractivity contribution is -0.125. The Balaban J connectivity index is 1.73. The molecule has 5 nitrogen and oxygen atoms in total. The van der Waals surface area contributed by atoms with Gasteiger partial charge in [-0.25, -0.2) is 0 Å². The van der Waals surface area contributed by atoms with Crippen LogP contribution in [-0.4, -0.2) is 41.8 Å². The Hall–Kier alpha value is -2.40. The summed E-state index contributed by atoms with van der Waals surface area (Å²) in [5.41, 5.74) is 2.09. The highest BCUT2D eigenvalue weighted by atomic mass is 35.5.